The van der Waals surface area contributed by atoms with Gasteiger partial charge >= 0.3 is 5.97 Å². The zero-order valence-corrected chi connectivity index (χ0v) is 21.1. The average molecular weight is 522 g/mol. The van der Waals surface area contributed by atoms with Crippen LogP contribution in [0.25, 0.3) is 6.08 Å². The lowest BCUT2D eigenvalue weighted by Crippen LogP contribution is -2.43. The van der Waals surface area contributed by atoms with Crippen molar-refractivity contribution in [3.05, 3.63) is 59.2 Å². The van der Waals surface area contributed by atoms with E-state index >= 15 is 0 Å². The molecule has 2 heterocycles. The highest BCUT2D eigenvalue weighted by atomic mass is 35.5. The van der Waals surface area contributed by atoms with E-state index in [9.17, 15) is 18.8 Å². The second-order valence-electron chi connectivity index (χ2n) is 8.82. The molecule has 1 aliphatic carbocycles. The fourth-order valence-corrected chi connectivity index (χ4v) is 5.29. The number of aryl methyl sites for hydroxylation is 1. The van der Waals surface area contributed by atoms with Crippen LogP contribution in [0.5, 0.6) is 0 Å². The van der Waals surface area contributed by atoms with Crippen LogP contribution in [0, 0.1) is 11.7 Å². The van der Waals surface area contributed by atoms with E-state index in [1.165, 1.54) is 24.8 Å². The third-order valence-electron chi connectivity index (χ3n) is 6.15. The Morgan fingerprint density at radius 2 is 1.97 bits per heavy atom. The zero-order chi connectivity index (χ0) is 24.2. The minimum Gasteiger partial charge on any atom is -0.481 e. The molecule has 0 bridgehead atoms. The number of ketones is 1. The monoisotopic (exact) mass is 521 g/mol. The molecule has 2 atom stereocenters. The van der Waals surface area contributed by atoms with Gasteiger partial charge in [0.15, 0.2) is 10.9 Å². The van der Waals surface area contributed by atoms with Gasteiger partial charge in [0.1, 0.15) is 5.82 Å². The number of thioether (sulfide) groups is 1. The molecule has 0 unspecified atom stereocenters. The highest BCUT2D eigenvalue weighted by Gasteiger charge is 2.41. The van der Waals surface area contributed by atoms with Gasteiger partial charge in [0.25, 0.3) is 0 Å². The van der Waals surface area contributed by atoms with Crippen LogP contribution in [0.4, 0.5) is 4.39 Å². The van der Waals surface area contributed by atoms with E-state index in [2.05, 4.69) is 5.10 Å². The van der Waals surface area contributed by atoms with Gasteiger partial charge in [0.2, 0.25) is 0 Å². The van der Waals surface area contributed by atoms with Crippen molar-refractivity contribution in [3.8, 4) is 0 Å². The van der Waals surface area contributed by atoms with Crippen molar-refractivity contribution in [2.24, 2.45) is 5.92 Å². The predicted octanol–water partition coefficient (Wildman–Crippen LogP) is 4.38. The first kappa shape index (κ1) is 27.1. The lowest BCUT2D eigenvalue weighted by molar-refractivity contribution is -0.137. The fourth-order valence-electron chi connectivity index (χ4n) is 4.37. The maximum absolute atomic E-state index is 14.8. The number of nitrogens with zero attached hydrogens (tertiary/aromatic N) is 3. The summed E-state index contributed by atoms with van der Waals surface area (Å²) in [6.07, 6.45) is 5.94. The second kappa shape index (κ2) is 12.0. The summed E-state index contributed by atoms with van der Waals surface area (Å²) >= 11 is 1.26. The number of aliphatic carboxylic acids is 1. The third-order valence-corrected chi connectivity index (χ3v) is 7.30. The van der Waals surface area contributed by atoms with E-state index in [0.717, 1.165) is 18.4 Å². The molecule has 0 amide bonds. The SMILES string of the molecule is CC(=O)S[C@@H]1CCN([C@@H](C(=O)C2CC2)c2ccccc2F)C/C1=C/c1ccn(CCC(=O)O)n1.Cl. The molecule has 10 heteroatoms. The number of aromatic nitrogens is 2. The van der Waals surface area contributed by atoms with Gasteiger partial charge in [-0.25, -0.2) is 4.39 Å². The van der Waals surface area contributed by atoms with Crippen LogP contribution in [0.3, 0.4) is 0 Å². The van der Waals surface area contributed by atoms with Gasteiger partial charge in [-0.05, 0) is 43.0 Å². The first-order valence-corrected chi connectivity index (χ1v) is 12.3. The van der Waals surface area contributed by atoms with E-state index in [1.807, 2.05) is 11.0 Å². The molecule has 2 aromatic rings. The number of carbonyl (C=O) groups excluding carboxylic acids is 2. The number of benzene rings is 1. The molecule has 1 saturated heterocycles. The largest absolute Gasteiger partial charge is 0.481 e. The highest BCUT2D eigenvalue weighted by Crippen LogP contribution is 2.40. The van der Waals surface area contributed by atoms with Crippen molar-refractivity contribution in [2.45, 2.75) is 50.4 Å². The normalized spacial score (nSPS) is 20.3. The van der Waals surface area contributed by atoms with E-state index in [-0.39, 0.29) is 53.3 Å². The Kier molecular flexibility index (Phi) is 9.27. The van der Waals surface area contributed by atoms with Crippen LogP contribution >= 0.6 is 24.2 Å². The third kappa shape index (κ3) is 7.02. The van der Waals surface area contributed by atoms with Gasteiger partial charge in [-0.2, -0.15) is 5.10 Å². The molecule has 1 N–H and O–H groups in total. The summed E-state index contributed by atoms with van der Waals surface area (Å²) in [5.74, 6) is -1.24. The lowest BCUT2D eigenvalue weighted by Gasteiger charge is -2.38. The zero-order valence-electron chi connectivity index (χ0n) is 19.4. The van der Waals surface area contributed by atoms with Gasteiger partial charge in [-0.1, -0.05) is 30.0 Å². The predicted molar refractivity (Wildman–Crippen MR) is 135 cm³/mol. The van der Waals surface area contributed by atoms with Crippen molar-refractivity contribution < 1.29 is 23.9 Å². The quantitative estimate of drug-likeness (QED) is 0.523. The number of rotatable bonds is 9. The lowest BCUT2D eigenvalue weighted by atomic mass is 9.93. The van der Waals surface area contributed by atoms with Crippen LogP contribution < -0.4 is 0 Å². The van der Waals surface area contributed by atoms with Crippen molar-refractivity contribution in [1.82, 2.24) is 14.7 Å². The molecule has 0 spiro atoms. The van der Waals surface area contributed by atoms with Gasteiger partial charge in [0.05, 0.1) is 24.7 Å². The molecule has 1 aromatic heterocycles. The molecule has 7 nitrogen and oxygen atoms in total. The Balaban J connectivity index is 0.00000342. The number of carboxylic acids is 1. The molecule has 188 valence electrons. The number of carboxylic acid groups (broad SMARTS) is 1. The highest BCUT2D eigenvalue weighted by molar-refractivity contribution is 8.14. The number of hydrogen-bond donors (Lipinski definition) is 1. The Hall–Kier alpha value is -2.49. The molecular weight excluding hydrogens is 493 g/mol. The molecule has 2 fully saturated rings. The number of carbonyl (C=O) groups is 3. The molecular formula is C25H29ClFN3O4S. The number of piperidine rings is 1. The van der Waals surface area contributed by atoms with Crippen molar-refractivity contribution >= 4 is 47.1 Å². The summed E-state index contributed by atoms with van der Waals surface area (Å²) in [5, 5.41) is 13.3. The number of Topliss-reactive ketones (excluding diaryl/α,β-unsaturated/α-hetero) is 1. The minimum absolute atomic E-state index is 0. The van der Waals surface area contributed by atoms with Crippen molar-refractivity contribution in [2.75, 3.05) is 13.1 Å². The number of likely N-dealkylation sites (tertiary alicyclic amines) is 1. The second-order valence-corrected chi connectivity index (χ2v) is 10.2. The maximum atomic E-state index is 14.8. The van der Waals surface area contributed by atoms with Crippen molar-refractivity contribution in [3.63, 3.8) is 0 Å². The van der Waals surface area contributed by atoms with E-state index in [0.29, 0.717) is 30.8 Å². The fraction of sp³-hybridized carbons (Fsp3) is 0.440. The minimum atomic E-state index is -0.893. The summed E-state index contributed by atoms with van der Waals surface area (Å²) in [5.41, 5.74) is 2.00. The Morgan fingerprint density at radius 1 is 1.23 bits per heavy atom. The molecule has 35 heavy (non-hydrogen) atoms. The molecule has 4 rings (SSSR count). The first-order valence-electron chi connectivity index (χ1n) is 11.5. The van der Waals surface area contributed by atoms with Gasteiger partial charge < -0.3 is 5.11 Å². The Bertz CT molecular complexity index is 1120. The van der Waals surface area contributed by atoms with E-state index in [4.69, 9.17) is 5.11 Å². The standard InChI is InChI=1S/C25H28FN3O4S.ClH/c1-16(30)34-22-9-11-28(15-18(22)14-19-8-12-29(27-19)13-10-23(31)32)24(25(33)17-6-7-17)20-4-2-3-5-21(20)26;/h2-5,8,12,14,17,22,24H,6-7,9-11,13,15H2,1H3,(H,31,32);1H/b18-14-;/t22-,24-;/m1./s1. The van der Waals surface area contributed by atoms with Crippen LogP contribution in [0.2, 0.25) is 0 Å². The summed E-state index contributed by atoms with van der Waals surface area (Å²) in [6, 6.07) is 7.59. The van der Waals surface area contributed by atoms with Crippen LogP contribution in [0.1, 0.15) is 49.9 Å². The molecule has 2 aliphatic rings. The molecule has 1 saturated carbocycles. The summed E-state index contributed by atoms with van der Waals surface area (Å²) < 4.78 is 16.3. The van der Waals surface area contributed by atoms with Gasteiger partial charge in [-0.3, -0.25) is 24.0 Å². The Morgan fingerprint density at radius 3 is 2.63 bits per heavy atom. The molecule has 1 aliphatic heterocycles. The topological polar surface area (TPSA) is 92.5 Å². The number of hydrogen-bond acceptors (Lipinski definition) is 6. The Labute approximate surface area is 214 Å². The van der Waals surface area contributed by atoms with E-state index < -0.39 is 12.0 Å². The summed E-state index contributed by atoms with van der Waals surface area (Å²) in [7, 11) is 0. The summed E-state index contributed by atoms with van der Waals surface area (Å²) in [6.45, 7) is 2.80. The molecule has 1 aromatic carbocycles. The molecule has 0 radical (unpaired) electrons. The smallest absolute Gasteiger partial charge is 0.305 e. The van der Waals surface area contributed by atoms with Crippen LogP contribution in [-0.4, -0.2) is 55.0 Å². The average Bonchev–Trinajstić information content (AvgIpc) is 3.55. The van der Waals surface area contributed by atoms with Gasteiger partial charge in [0, 0.05) is 42.9 Å². The van der Waals surface area contributed by atoms with Gasteiger partial charge in [-0.15, -0.1) is 12.4 Å². The van der Waals surface area contributed by atoms with E-state index in [1.54, 1.807) is 35.1 Å². The van der Waals surface area contributed by atoms with Crippen LogP contribution in [-0.2, 0) is 20.9 Å². The summed E-state index contributed by atoms with van der Waals surface area (Å²) in [4.78, 5) is 38.0. The first-order chi connectivity index (χ1) is 16.3. The van der Waals surface area contributed by atoms with Crippen LogP contribution in [0.15, 0.2) is 42.1 Å². The number of halogens is 2. The van der Waals surface area contributed by atoms with Crippen molar-refractivity contribution in [1.29, 1.82) is 0 Å². The maximum Gasteiger partial charge on any atom is 0.305 e.